The molecule has 3 N–H and O–H groups in total. The smallest absolute Gasteiger partial charge is 0.416 e. The topological polar surface area (TPSA) is 78.4 Å². The molecule has 0 saturated heterocycles. The Morgan fingerprint density at radius 3 is 2.27 bits per heavy atom. The summed E-state index contributed by atoms with van der Waals surface area (Å²) in [5.41, 5.74) is 0.953. The van der Waals surface area contributed by atoms with Crippen LogP contribution in [0.4, 0.5) is 24.5 Å². The van der Waals surface area contributed by atoms with Gasteiger partial charge in [0.05, 0.1) is 11.3 Å². The highest BCUT2D eigenvalue weighted by atomic mass is 35.5. The van der Waals surface area contributed by atoms with Crippen LogP contribution >= 0.6 is 11.6 Å². The highest BCUT2D eigenvalue weighted by molar-refractivity contribution is 6.33. The fourth-order valence-corrected chi connectivity index (χ4v) is 3.37. The fraction of sp³-hybridized carbons (Fsp3) is 0.167. The number of rotatable bonds is 6. The summed E-state index contributed by atoms with van der Waals surface area (Å²) < 4.78 is 38.5. The second kappa shape index (κ2) is 9.95. The lowest BCUT2D eigenvalue weighted by Gasteiger charge is -2.12. The maximum atomic E-state index is 12.8. The SMILES string of the molecule is CCCC(=O)Nc1cc(NC(=O)c2ccc(-c3ccc(C(F)(F)F)cc3Cl)cc2)ccc1O. The first kappa shape index (κ1) is 24.1. The number of carbonyl (C=O) groups excluding carboxylic acids is 2. The summed E-state index contributed by atoms with van der Waals surface area (Å²) in [4.78, 5) is 24.4. The molecular formula is C24H20ClF3N2O3. The van der Waals surface area contributed by atoms with Crippen molar-refractivity contribution < 1.29 is 27.9 Å². The van der Waals surface area contributed by atoms with E-state index in [0.29, 0.717) is 35.2 Å². The lowest BCUT2D eigenvalue weighted by molar-refractivity contribution is -0.137. The number of benzene rings is 3. The first-order valence-electron chi connectivity index (χ1n) is 10.00. The molecule has 0 aliphatic rings. The minimum absolute atomic E-state index is 0.0521. The van der Waals surface area contributed by atoms with Gasteiger partial charge >= 0.3 is 6.18 Å². The van der Waals surface area contributed by atoms with Gasteiger partial charge in [-0.15, -0.1) is 0 Å². The van der Waals surface area contributed by atoms with Crippen molar-refractivity contribution in [3.05, 3.63) is 76.8 Å². The summed E-state index contributed by atoms with van der Waals surface area (Å²) in [5, 5.41) is 15.1. The van der Waals surface area contributed by atoms with Gasteiger partial charge in [0.15, 0.2) is 0 Å². The van der Waals surface area contributed by atoms with E-state index in [1.165, 1.54) is 36.4 Å². The van der Waals surface area contributed by atoms with Crippen molar-refractivity contribution >= 4 is 34.8 Å². The van der Waals surface area contributed by atoms with Crippen molar-refractivity contribution in [3.63, 3.8) is 0 Å². The molecule has 0 aliphatic carbocycles. The summed E-state index contributed by atoms with van der Waals surface area (Å²) in [6.07, 6.45) is -3.54. The normalized spacial score (nSPS) is 11.2. The van der Waals surface area contributed by atoms with Crippen molar-refractivity contribution in [3.8, 4) is 16.9 Å². The van der Waals surface area contributed by atoms with Gasteiger partial charge in [-0.2, -0.15) is 13.2 Å². The standard InChI is InChI=1S/C24H20ClF3N2O3/c1-2-3-22(32)30-20-13-17(9-11-21(20)31)29-23(33)15-6-4-14(5-7-15)18-10-8-16(12-19(18)25)24(26,27)28/h4-13,31H,2-3H2,1H3,(H,29,33)(H,30,32). The van der Waals surface area contributed by atoms with Gasteiger partial charge in [0.25, 0.3) is 5.91 Å². The third kappa shape index (κ3) is 6.04. The quantitative estimate of drug-likeness (QED) is 0.273. The van der Waals surface area contributed by atoms with Gasteiger partial charge in [-0.25, -0.2) is 0 Å². The van der Waals surface area contributed by atoms with Crippen LogP contribution in [0.2, 0.25) is 5.02 Å². The first-order valence-corrected chi connectivity index (χ1v) is 10.4. The van der Waals surface area contributed by atoms with E-state index in [1.807, 2.05) is 6.92 Å². The third-order valence-corrected chi connectivity index (χ3v) is 5.07. The number of hydrogen-bond acceptors (Lipinski definition) is 3. The molecule has 0 bridgehead atoms. The molecule has 3 aromatic carbocycles. The summed E-state index contributed by atoms with van der Waals surface area (Å²) in [7, 11) is 0. The summed E-state index contributed by atoms with van der Waals surface area (Å²) in [6.45, 7) is 1.85. The van der Waals surface area contributed by atoms with Crippen LogP contribution in [0, 0.1) is 0 Å². The number of phenolic OH excluding ortho intramolecular Hbond substituents is 1. The number of alkyl halides is 3. The van der Waals surface area contributed by atoms with Crippen LogP contribution in [0.1, 0.15) is 35.7 Å². The van der Waals surface area contributed by atoms with Gasteiger partial charge in [-0.05, 0) is 54.4 Å². The highest BCUT2D eigenvalue weighted by Gasteiger charge is 2.31. The summed E-state index contributed by atoms with van der Waals surface area (Å²) >= 11 is 6.03. The van der Waals surface area contributed by atoms with Crippen LogP contribution in [0.5, 0.6) is 5.75 Å². The van der Waals surface area contributed by atoms with Crippen LogP contribution in [-0.2, 0) is 11.0 Å². The molecule has 0 heterocycles. The number of aromatic hydroxyl groups is 1. The third-order valence-electron chi connectivity index (χ3n) is 4.76. The molecule has 2 amide bonds. The lowest BCUT2D eigenvalue weighted by atomic mass is 10.0. The number of carbonyl (C=O) groups is 2. The van der Waals surface area contributed by atoms with Crippen molar-refractivity contribution in [2.24, 2.45) is 0 Å². The minimum Gasteiger partial charge on any atom is -0.506 e. The van der Waals surface area contributed by atoms with Crippen molar-refractivity contribution in [1.29, 1.82) is 0 Å². The first-order chi connectivity index (χ1) is 15.6. The second-order valence-corrected chi connectivity index (χ2v) is 7.66. The Morgan fingerprint density at radius 1 is 0.970 bits per heavy atom. The largest absolute Gasteiger partial charge is 0.506 e. The predicted octanol–water partition coefficient (Wildman–Crippen LogP) is 6.72. The molecule has 0 aliphatic heterocycles. The number of hydrogen-bond donors (Lipinski definition) is 3. The Labute approximate surface area is 193 Å². The minimum atomic E-state index is -4.49. The van der Waals surface area contributed by atoms with Crippen LogP contribution < -0.4 is 10.6 Å². The van der Waals surface area contributed by atoms with E-state index in [4.69, 9.17) is 11.6 Å². The van der Waals surface area contributed by atoms with Crippen molar-refractivity contribution in [2.45, 2.75) is 25.9 Å². The average Bonchev–Trinajstić information content (AvgIpc) is 2.75. The molecule has 0 spiro atoms. The van der Waals surface area contributed by atoms with E-state index in [2.05, 4.69) is 10.6 Å². The zero-order chi connectivity index (χ0) is 24.2. The maximum absolute atomic E-state index is 12.8. The van der Waals surface area contributed by atoms with E-state index in [0.717, 1.165) is 12.1 Å². The van der Waals surface area contributed by atoms with Gasteiger partial charge < -0.3 is 15.7 Å². The molecule has 3 aromatic rings. The number of nitrogens with one attached hydrogen (secondary N) is 2. The van der Waals surface area contributed by atoms with Gasteiger partial charge in [0.2, 0.25) is 5.91 Å². The maximum Gasteiger partial charge on any atom is 0.416 e. The molecule has 5 nitrogen and oxygen atoms in total. The summed E-state index contributed by atoms with van der Waals surface area (Å²) in [5.74, 6) is -0.833. The molecule has 9 heteroatoms. The summed E-state index contributed by atoms with van der Waals surface area (Å²) in [6, 6.07) is 13.6. The Balaban J connectivity index is 1.74. The molecule has 172 valence electrons. The molecule has 33 heavy (non-hydrogen) atoms. The fourth-order valence-electron chi connectivity index (χ4n) is 3.08. The van der Waals surface area contributed by atoms with E-state index in [1.54, 1.807) is 12.1 Å². The molecular weight excluding hydrogens is 457 g/mol. The van der Waals surface area contributed by atoms with Gasteiger partial charge in [-0.3, -0.25) is 9.59 Å². The molecule has 3 rings (SSSR count). The van der Waals surface area contributed by atoms with Crippen LogP contribution in [0.15, 0.2) is 60.7 Å². The number of anilines is 2. The second-order valence-electron chi connectivity index (χ2n) is 7.25. The number of amides is 2. The van der Waals surface area contributed by atoms with Crippen molar-refractivity contribution in [1.82, 2.24) is 0 Å². The molecule has 0 aromatic heterocycles. The van der Waals surface area contributed by atoms with Crippen LogP contribution in [0.25, 0.3) is 11.1 Å². The van der Waals surface area contributed by atoms with Gasteiger partial charge in [0, 0.05) is 28.3 Å². The Hall–Kier alpha value is -3.52. The zero-order valence-corrected chi connectivity index (χ0v) is 18.2. The van der Waals surface area contributed by atoms with E-state index in [-0.39, 0.29) is 22.4 Å². The lowest BCUT2D eigenvalue weighted by Crippen LogP contribution is -2.13. The Morgan fingerprint density at radius 2 is 1.67 bits per heavy atom. The highest BCUT2D eigenvalue weighted by Crippen LogP contribution is 2.35. The van der Waals surface area contributed by atoms with Gasteiger partial charge in [0.1, 0.15) is 5.75 Å². The average molecular weight is 477 g/mol. The predicted molar refractivity (Wildman–Crippen MR) is 121 cm³/mol. The number of halogens is 4. The van der Waals surface area contributed by atoms with Crippen LogP contribution in [-0.4, -0.2) is 16.9 Å². The van der Waals surface area contributed by atoms with Crippen molar-refractivity contribution in [2.75, 3.05) is 10.6 Å². The van der Waals surface area contributed by atoms with E-state index < -0.39 is 17.6 Å². The number of phenols is 1. The molecule has 0 fully saturated rings. The molecule has 0 radical (unpaired) electrons. The van der Waals surface area contributed by atoms with Gasteiger partial charge in [-0.1, -0.05) is 36.7 Å². The zero-order valence-electron chi connectivity index (χ0n) is 17.5. The monoisotopic (exact) mass is 476 g/mol. The van der Waals surface area contributed by atoms with Crippen LogP contribution in [0.3, 0.4) is 0 Å². The molecule has 0 saturated carbocycles. The molecule has 0 atom stereocenters. The Bertz CT molecular complexity index is 1180. The Kier molecular flexibility index (Phi) is 7.28. The molecule has 0 unspecified atom stereocenters. The van der Waals surface area contributed by atoms with E-state index in [9.17, 15) is 27.9 Å². The van der Waals surface area contributed by atoms with E-state index >= 15 is 0 Å².